The number of fused-ring (bicyclic) bond motifs is 1. The summed E-state index contributed by atoms with van der Waals surface area (Å²) in [5, 5.41) is 2.79. The van der Waals surface area contributed by atoms with E-state index in [0.29, 0.717) is 42.1 Å². The molecule has 0 saturated carbocycles. The molecule has 1 atom stereocenters. The van der Waals surface area contributed by atoms with E-state index in [1.54, 1.807) is 59.3 Å². The number of benzene rings is 2. The van der Waals surface area contributed by atoms with Crippen LogP contribution in [-0.4, -0.2) is 49.9 Å². The Morgan fingerprint density at radius 1 is 1.09 bits per heavy atom. The molecule has 1 N–H and O–H groups in total. The van der Waals surface area contributed by atoms with E-state index >= 15 is 0 Å². The predicted octanol–water partition coefficient (Wildman–Crippen LogP) is 5.23. The van der Waals surface area contributed by atoms with Gasteiger partial charge in [0.2, 0.25) is 0 Å². The van der Waals surface area contributed by atoms with Gasteiger partial charge in [0, 0.05) is 24.8 Å². The molecule has 0 aliphatic carbocycles. The van der Waals surface area contributed by atoms with E-state index < -0.39 is 34.9 Å². The Labute approximate surface area is 206 Å². The molecule has 190 valence electrons. The van der Waals surface area contributed by atoms with Gasteiger partial charge in [0.15, 0.2) is 0 Å². The highest BCUT2D eigenvalue weighted by atomic mass is 19.1. The highest BCUT2D eigenvalue weighted by Crippen LogP contribution is 2.35. The van der Waals surface area contributed by atoms with Gasteiger partial charge in [-0.25, -0.2) is 9.18 Å². The lowest BCUT2D eigenvalue weighted by atomic mass is 9.85. The first-order valence-electron chi connectivity index (χ1n) is 11.6. The predicted molar refractivity (Wildman–Crippen MR) is 132 cm³/mol. The van der Waals surface area contributed by atoms with Crippen molar-refractivity contribution in [3.8, 4) is 5.75 Å². The van der Waals surface area contributed by atoms with Crippen molar-refractivity contribution in [1.29, 1.82) is 0 Å². The second-order valence-electron chi connectivity index (χ2n) is 10.4. The maximum atomic E-state index is 15.0. The lowest BCUT2D eigenvalue weighted by Gasteiger charge is -2.37. The van der Waals surface area contributed by atoms with Crippen LogP contribution in [0.3, 0.4) is 0 Å². The van der Waals surface area contributed by atoms with E-state index in [0.717, 1.165) is 5.56 Å². The van der Waals surface area contributed by atoms with E-state index in [4.69, 9.17) is 14.2 Å². The summed E-state index contributed by atoms with van der Waals surface area (Å²) in [5.74, 6) is -0.224. The third-order valence-corrected chi connectivity index (χ3v) is 5.93. The van der Waals surface area contributed by atoms with E-state index in [9.17, 15) is 14.0 Å². The van der Waals surface area contributed by atoms with Crippen LogP contribution in [0.15, 0.2) is 36.4 Å². The van der Waals surface area contributed by atoms with Crippen molar-refractivity contribution >= 4 is 17.7 Å². The third-order valence-electron chi connectivity index (χ3n) is 5.93. The molecule has 1 aliphatic heterocycles. The molecule has 35 heavy (non-hydrogen) atoms. The number of rotatable bonds is 6. The van der Waals surface area contributed by atoms with Crippen molar-refractivity contribution in [2.45, 2.75) is 58.1 Å². The maximum Gasteiger partial charge on any atom is 0.411 e. The van der Waals surface area contributed by atoms with Gasteiger partial charge in [0.05, 0.1) is 13.7 Å². The van der Waals surface area contributed by atoms with Crippen molar-refractivity contribution in [2.75, 3.05) is 32.7 Å². The molecule has 8 heteroatoms. The second kappa shape index (κ2) is 10.2. The third kappa shape index (κ3) is 6.11. The van der Waals surface area contributed by atoms with E-state index in [2.05, 4.69) is 5.32 Å². The standard InChI is InChI=1S/C27H35FN2O5/c1-26(2,3)35-25(32)30-13-12-17-14-19(34-7)9-10-20(17)23(30)24(31)29-18-8-11-21(22(28)15-18)27(4,5)16-33-6/h8-11,14-15,23H,12-13,16H2,1-7H3,(H,29,31)/t23-/m1/s1. The van der Waals surface area contributed by atoms with Crippen LogP contribution in [0.25, 0.3) is 0 Å². The average Bonchev–Trinajstić information content (AvgIpc) is 2.76. The first-order valence-corrected chi connectivity index (χ1v) is 11.6. The Kier molecular flexibility index (Phi) is 7.74. The molecule has 0 radical (unpaired) electrons. The van der Waals surface area contributed by atoms with Crippen LogP contribution in [0.2, 0.25) is 0 Å². The Morgan fingerprint density at radius 2 is 1.80 bits per heavy atom. The van der Waals surface area contributed by atoms with Gasteiger partial charge in [0.1, 0.15) is 23.2 Å². The van der Waals surface area contributed by atoms with Crippen molar-refractivity contribution in [3.05, 3.63) is 58.9 Å². The van der Waals surface area contributed by atoms with Gasteiger partial charge in [-0.15, -0.1) is 0 Å². The molecule has 2 aromatic rings. The number of nitrogens with one attached hydrogen (secondary N) is 1. The minimum atomic E-state index is -0.938. The number of amides is 2. The number of nitrogens with zero attached hydrogens (tertiary/aromatic N) is 1. The Morgan fingerprint density at radius 3 is 2.40 bits per heavy atom. The van der Waals surface area contributed by atoms with Gasteiger partial charge < -0.3 is 19.5 Å². The van der Waals surface area contributed by atoms with Crippen LogP contribution >= 0.6 is 0 Å². The first-order chi connectivity index (χ1) is 16.4. The van der Waals surface area contributed by atoms with Gasteiger partial charge in [-0.3, -0.25) is 9.69 Å². The molecule has 0 unspecified atom stereocenters. The average molecular weight is 487 g/mol. The largest absolute Gasteiger partial charge is 0.497 e. The molecular weight excluding hydrogens is 451 g/mol. The Bertz CT molecular complexity index is 1090. The zero-order valence-corrected chi connectivity index (χ0v) is 21.5. The van der Waals surface area contributed by atoms with Gasteiger partial charge in [-0.05, 0) is 68.1 Å². The summed E-state index contributed by atoms with van der Waals surface area (Å²) in [5.41, 5.74) is 1.13. The quantitative estimate of drug-likeness (QED) is 0.605. The number of methoxy groups -OCH3 is 2. The molecule has 7 nitrogen and oxygen atoms in total. The van der Waals surface area contributed by atoms with Crippen molar-refractivity contribution in [3.63, 3.8) is 0 Å². The maximum absolute atomic E-state index is 15.0. The van der Waals surface area contributed by atoms with Crippen molar-refractivity contribution in [2.24, 2.45) is 0 Å². The summed E-state index contributed by atoms with van der Waals surface area (Å²) in [6.07, 6.45) is -0.0324. The molecule has 0 aromatic heterocycles. The van der Waals surface area contributed by atoms with E-state index in [1.807, 2.05) is 19.9 Å². The smallest absolute Gasteiger partial charge is 0.411 e. The number of ether oxygens (including phenoxy) is 3. The van der Waals surface area contributed by atoms with Gasteiger partial charge in [0.25, 0.3) is 5.91 Å². The minimum Gasteiger partial charge on any atom is -0.497 e. The molecule has 0 spiro atoms. The summed E-state index contributed by atoms with van der Waals surface area (Å²) in [7, 11) is 3.15. The summed E-state index contributed by atoms with van der Waals surface area (Å²) < 4.78 is 31.1. The summed E-state index contributed by atoms with van der Waals surface area (Å²) in [6.45, 7) is 9.75. The Balaban J connectivity index is 1.93. The van der Waals surface area contributed by atoms with Gasteiger partial charge >= 0.3 is 6.09 Å². The molecular formula is C27H35FN2O5. The monoisotopic (exact) mass is 486 g/mol. The molecule has 0 fully saturated rings. The molecule has 1 aliphatic rings. The fraction of sp³-hybridized carbons (Fsp3) is 0.481. The fourth-order valence-corrected chi connectivity index (χ4v) is 4.32. The van der Waals surface area contributed by atoms with Crippen LogP contribution in [0.4, 0.5) is 14.9 Å². The molecule has 3 rings (SSSR count). The van der Waals surface area contributed by atoms with Crippen LogP contribution in [0.1, 0.15) is 57.4 Å². The van der Waals surface area contributed by atoms with Crippen LogP contribution < -0.4 is 10.1 Å². The zero-order chi connectivity index (χ0) is 26.0. The SMILES string of the molecule is COCC(C)(C)c1ccc(NC(=O)[C@H]2c3ccc(OC)cc3CCN2C(=O)OC(C)(C)C)cc1F. The number of carbonyl (C=O) groups is 2. The number of carbonyl (C=O) groups excluding carboxylic acids is 2. The molecule has 2 aromatic carbocycles. The van der Waals surface area contributed by atoms with Crippen molar-refractivity contribution < 1.29 is 28.2 Å². The molecule has 1 heterocycles. The van der Waals surface area contributed by atoms with Gasteiger partial charge in [-0.1, -0.05) is 26.0 Å². The zero-order valence-electron chi connectivity index (χ0n) is 21.5. The second-order valence-corrected chi connectivity index (χ2v) is 10.4. The van der Waals surface area contributed by atoms with Crippen molar-refractivity contribution in [1.82, 2.24) is 4.90 Å². The number of anilines is 1. The summed E-state index contributed by atoms with van der Waals surface area (Å²) in [6, 6.07) is 9.07. The number of halogens is 1. The van der Waals surface area contributed by atoms with Crippen LogP contribution in [0, 0.1) is 5.82 Å². The normalized spacial score (nSPS) is 15.9. The molecule has 0 bridgehead atoms. The van der Waals surface area contributed by atoms with E-state index in [-0.39, 0.29) is 0 Å². The number of hydrogen-bond donors (Lipinski definition) is 1. The van der Waals surface area contributed by atoms with Crippen LogP contribution in [0.5, 0.6) is 5.75 Å². The molecule has 2 amide bonds. The highest BCUT2D eigenvalue weighted by molar-refractivity contribution is 5.98. The fourth-order valence-electron chi connectivity index (χ4n) is 4.32. The van der Waals surface area contributed by atoms with Crippen LogP contribution in [-0.2, 0) is 26.1 Å². The molecule has 0 saturated heterocycles. The lowest BCUT2D eigenvalue weighted by molar-refractivity contribution is -0.121. The first kappa shape index (κ1) is 26.5. The summed E-state index contributed by atoms with van der Waals surface area (Å²) >= 11 is 0. The van der Waals surface area contributed by atoms with Gasteiger partial charge in [-0.2, -0.15) is 0 Å². The Hall–Kier alpha value is -3.13. The topological polar surface area (TPSA) is 77.1 Å². The summed E-state index contributed by atoms with van der Waals surface area (Å²) in [4.78, 5) is 28.0. The minimum absolute atomic E-state index is 0.297. The number of hydrogen-bond acceptors (Lipinski definition) is 5. The highest BCUT2D eigenvalue weighted by Gasteiger charge is 2.38. The van der Waals surface area contributed by atoms with E-state index in [1.165, 1.54) is 11.0 Å². The lowest BCUT2D eigenvalue weighted by Crippen LogP contribution is -2.47.